The molecule has 2 heterocycles. The Morgan fingerprint density at radius 1 is 1.09 bits per heavy atom. The van der Waals surface area contributed by atoms with Gasteiger partial charge in [0.1, 0.15) is 22.7 Å². The Balaban J connectivity index is 1.88. The fraction of sp³-hybridized carbons (Fsp3) is 0.304. The Bertz CT molecular complexity index is 1390. The Labute approximate surface area is 190 Å². The number of hydrogen-bond donors (Lipinski definition) is 2. The van der Waals surface area contributed by atoms with Crippen molar-refractivity contribution in [3.05, 3.63) is 70.6 Å². The van der Waals surface area contributed by atoms with Gasteiger partial charge in [-0.15, -0.1) is 0 Å². The van der Waals surface area contributed by atoms with Crippen molar-refractivity contribution in [3.8, 4) is 17.2 Å². The quantitative estimate of drug-likeness (QED) is 0.592. The first kappa shape index (κ1) is 22.8. The van der Waals surface area contributed by atoms with Gasteiger partial charge in [-0.1, -0.05) is 6.07 Å². The molecule has 1 aliphatic heterocycles. The molecule has 2 N–H and O–H groups in total. The second kappa shape index (κ2) is 7.60. The average Bonchev–Trinajstić information content (AvgIpc) is 2.74. The second-order valence-electron chi connectivity index (χ2n) is 8.58. The number of nitrogens with zero attached hydrogens (tertiary/aromatic N) is 2. The van der Waals surface area contributed by atoms with E-state index in [0.717, 1.165) is 10.7 Å². The lowest BCUT2D eigenvalue weighted by Crippen LogP contribution is -2.59. The maximum atomic E-state index is 13.2. The molecule has 0 bridgehead atoms. The van der Waals surface area contributed by atoms with Crippen LogP contribution in [-0.4, -0.2) is 39.6 Å². The van der Waals surface area contributed by atoms with Gasteiger partial charge in [0.05, 0.1) is 16.0 Å². The van der Waals surface area contributed by atoms with Gasteiger partial charge in [-0.2, -0.15) is 5.10 Å². The second-order valence-corrected chi connectivity index (χ2v) is 10.5. The standard InChI is InChI=1S/C23H24N2O7S/c1-22(2)23(3,28)20(31-19-10-11-24-25(4)21(19)27)17-13-16(8-9-18(17)32-22)33(29,30)15-7-5-6-14(26)12-15/h5-13,20,26,28H,1-4H3/t20-,23+/m1/s1. The molecule has 1 aliphatic rings. The molecular formula is C23H24N2O7S. The molecule has 0 amide bonds. The van der Waals surface area contributed by atoms with Crippen LogP contribution < -0.4 is 15.0 Å². The van der Waals surface area contributed by atoms with Gasteiger partial charge in [0.25, 0.3) is 0 Å². The van der Waals surface area contributed by atoms with Crippen LogP contribution in [-0.2, 0) is 16.9 Å². The zero-order valence-electron chi connectivity index (χ0n) is 18.5. The van der Waals surface area contributed by atoms with Gasteiger partial charge in [0, 0.05) is 18.7 Å². The summed E-state index contributed by atoms with van der Waals surface area (Å²) in [5.41, 5.74) is -3.03. The maximum absolute atomic E-state index is 13.2. The van der Waals surface area contributed by atoms with Gasteiger partial charge < -0.3 is 19.7 Å². The van der Waals surface area contributed by atoms with Gasteiger partial charge in [-0.3, -0.25) is 4.79 Å². The van der Waals surface area contributed by atoms with Gasteiger partial charge in [0.15, 0.2) is 11.9 Å². The highest BCUT2D eigenvalue weighted by Gasteiger charge is 2.54. The summed E-state index contributed by atoms with van der Waals surface area (Å²) < 4.78 is 39.5. The first-order chi connectivity index (χ1) is 15.3. The zero-order valence-corrected chi connectivity index (χ0v) is 19.3. The van der Waals surface area contributed by atoms with Gasteiger partial charge in [0.2, 0.25) is 9.84 Å². The topological polar surface area (TPSA) is 128 Å². The fourth-order valence-electron chi connectivity index (χ4n) is 3.65. The summed E-state index contributed by atoms with van der Waals surface area (Å²) in [5, 5.41) is 25.0. The number of benzene rings is 2. The number of sulfone groups is 1. The number of ether oxygens (including phenoxy) is 2. The Morgan fingerprint density at radius 3 is 2.48 bits per heavy atom. The third kappa shape index (κ3) is 3.75. The number of aromatic hydroxyl groups is 1. The number of phenols is 1. The summed E-state index contributed by atoms with van der Waals surface area (Å²) in [6, 6.07) is 10.9. The lowest BCUT2D eigenvalue weighted by molar-refractivity contribution is -0.174. The molecule has 0 aliphatic carbocycles. The number of fused-ring (bicyclic) bond motifs is 1. The molecule has 4 rings (SSSR count). The molecular weight excluding hydrogens is 448 g/mol. The summed E-state index contributed by atoms with van der Waals surface area (Å²) >= 11 is 0. The number of aryl methyl sites for hydroxylation is 1. The van der Waals surface area contributed by atoms with Crippen molar-refractivity contribution in [1.82, 2.24) is 9.78 Å². The van der Waals surface area contributed by atoms with Crippen LogP contribution in [0.5, 0.6) is 17.2 Å². The van der Waals surface area contributed by atoms with E-state index in [4.69, 9.17) is 9.47 Å². The van der Waals surface area contributed by atoms with E-state index in [2.05, 4.69) is 5.10 Å². The van der Waals surface area contributed by atoms with E-state index in [9.17, 15) is 23.4 Å². The van der Waals surface area contributed by atoms with Crippen LogP contribution >= 0.6 is 0 Å². The third-order valence-electron chi connectivity index (χ3n) is 6.01. The Morgan fingerprint density at radius 2 is 1.79 bits per heavy atom. The van der Waals surface area contributed by atoms with Crippen molar-refractivity contribution in [2.75, 3.05) is 0 Å². The highest BCUT2D eigenvalue weighted by molar-refractivity contribution is 7.91. The number of aromatic nitrogens is 2. The van der Waals surface area contributed by atoms with Crippen molar-refractivity contribution in [2.24, 2.45) is 7.05 Å². The predicted octanol–water partition coefficient (Wildman–Crippen LogP) is 2.36. The highest BCUT2D eigenvalue weighted by Crippen LogP contribution is 2.48. The molecule has 10 heteroatoms. The van der Waals surface area contributed by atoms with Crippen LogP contribution in [0, 0.1) is 0 Å². The number of aliphatic hydroxyl groups is 1. The minimum Gasteiger partial charge on any atom is -0.508 e. The minimum absolute atomic E-state index is 0.0531. The summed E-state index contributed by atoms with van der Waals surface area (Å²) in [5.74, 6) is 0.0803. The molecule has 0 saturated heterocycles. The Hall–Kier alpha value is -3.37. The lowest BCUT2D eigenvalue weighted by atomic mass is 9.77. The van der Waals surface area contributed by atoms with Gasteiger partial charge >= 0.3 is 5.56 Å². The van der Waals surface area contributed by atoms with Crippen LogP contribution in [0.25, 0.3) is 0 Å². The largest absolute Gasteiger partial charge is 0.508 e. The molecule has 0 radical (unpaired) electrons. The van der Waals surface area contributed by atoms with Crippen LogP contribution in [0.3, 0.4) is 0 Å². The first-order valence-corrected chi connectivity index (χ1v) is 11.6. The predicted molar refractivity (Wildman–Crippen MR) is 118 cm³/mol. The zero-order chi connectivity index (χ0) is 24.2. The molecule has 33 heavy (non-hydrogen) atoms. The van der Waals surface area contributed by atoms with Gasteiger partial charge in [-0.05, 0) is 57.2 Å². The number of rotatable bonds is 4. The summed E-state index contributed by atoms with van der Waals surface area (Å²) in [4.78, 5) is 12.3. The average molecular weight is 473 g/mol. The van der Waals surface area contributed by atoms with E-state index in [1.165, 1.54) is 62.6 Å². The van der Waals surface area contributed by atoms with E-state index in [1.54, 1.807) is 13.8 Å². The summed E-state index contributed by atoms with van der Waals surface area (Å²) in [7, 11) is -2.53. The van der Waals surface area contributed by atoms with Crippen molar-refractivity contribution >= 4 is 9.84 Å². The van der Waals surface area contributed by atoms with Crippen LogP contribution in [0.1, 0.15) is 32.4 Å². The molecule has 0 spiro atoms. The molecule has 174 valence electrons. The smallest absolute Gasteiger partial charge is 0.308 e. The van der Waals surface area contributed by atoms with E-state index >= 15 is 0 Å². The molecule has 2 atom stereocenters. The van der Waals surface area contributed by atoms with Crippen LogP contribution in [0.2, 0.25) is 0 Å². The molecule has 0 fully saturated rings. The van der Waals surface area contributed by atoms with Crippen molar-refractivity contribution in [1.29, 1.82) is 0 Å². The third-order valence-corrected chi connectivity index (χ3v) is 7.76. The fourth-order valence-corrected chi connectivity index (χ4v) is 4.99. The van der Waals surface area contributed by atoms with E-state index in [-0.39, 0.29) is 26.9 Å². The normalized spacial score (nSPS) is 21.7. The van der Waals surface area contributed by atoms with Crippen molar-refractivity contribution in [3.63, 3.8) is 0 Å². The highest BCUT2D eigenvalue weighted by atomic mass is 32.2. The SMILES string of the molecule is Cn1nccc(O[C@@H]2c3cc(S(=O)(=O)c4cccc(O)c4)ccc3OC(C)(C)[C@@]2(C)O)c1=O. The van der Waals surface area contributed by atoms with Crippen LogP contribution in [0.4, 0.5) is 0 Å². The van der Waals surface area contributed by atoms with Crippen molar-refractivity contribution in [2.45, 2.75) is 47.9 Å². The lowest BCUT2D eigenvalue weighted by Gasteiger charge is -2.48. The molecule has 9 nitrogen and oxygen atoms in total. The first-order valence-electron chi connectivity index (χ1n) is 10.1. The van der Waals surface area contributed by atoms with Crippen molar-refractivity contribution < 1.29 is 28.1 Å². The van der Waals surface area contributed by atoms with Gasteiger partial charge in [-0.25, -0.2) is 13.1 Å². The monoisotopic (exact) mass is 472 g/mol. The van der Waals surface area contributed by atoms with E-state index in [0.29, 0.717) is 5.75 Å². The maximum Gasteiger partial charge on any atom is 0.308 e. The molecule has 3 aromatic rings. The van der Waals surface area contributed by atoms with Crippen LogP contribution in [0.15, 0.2) is 69.3 Å². The van der Waals surface area contributed by atoms with E-state index < -0.39 is 32.7 Å². The minimum atomic E-state index is -4.00. The molecule has 1 aromatic heterocycles. The molecule has 0 unspecified atom stereocenters. The number of phenolic OH excluding ortho intramolecular Hbond substituents is 1. The summed E-state index contributed by atoms with van der Waals surface area (Å²) in [6.07, 6.45) is 0.255. The Kier molecular flexibility index (Phi) is 5.25. The summed E-state index contributed by atoms with van der Waals surface area (Å²) in [6.45, 7) is 4.85. The molecule has 0 saturated carbocycles. The van der Waals surface area contributed by atoms with E-state index in [1.807, 2.05) is 0 Å². The molecule has 2 aromatic carbocycles. The number of hydrogen-bond acceptors (Lipinski definition) is 8.